The maximum absolute atomic E-state index is 12.2. The first kappa shape index (κ1) is 17.2. The minimum Gasteiger partial charge on any atom is -0.421 e. The molecule has 0 bridgehead atoms. The van der Waals surface area contributed by atoms with Gasteiger partial charge in [-0.1, -0.05) is 42.5 Å². The Morgan fingerprint density at radius 3 is 2.44 bits per heavy atom. The van der Waals surface area contributed by atoms with Gasteiger partial charge in [0.2, 0.25) is 17.7 Å². The molecule has 0 aliphatic heterocycles. The van der Waals surface area contributed by atoms with E-state index >= 15 is 0 Å². The summed E-state index contributed by atoms with van der Waals surface area (Å²) in [5, 5.41) is 14.8. The molecule has 2 aromatic carbocycles. The highest BCUT2D eigenvalue weighted by molar-refractivity contribution is 7.08. The molecule has 2 aromatic heterocycles. The number of aryl methyl sites for hydroxylation is 1. The molecule has 1 N–H and O–H groups in total. The number of aromatic nitrogens is 2. The van der Waals surface area contributed by atoms with E-state index in [9.17, 15) is 4.79 Å². The topological polar surface area (TPSA) is 68.0 Å². The van der Waals surface area contributed by atoms with Gasteiger partial charge in [-0.2, -0.15) is 11.3 Å². The van der Waals surface area contributed by atoms with Crippen LogP contribution in [-0.2, 0) is 11.2 Å². The Morgan fingerprint density at radius 1 is 0.926 bits per heavy atom. The first-order valence-corrected chi connectivity index (χ1v) is 9.52. The zero-order chi connectivity index (χ0) is 18.5. The van der Waals surface area contributed by atoms with Crippen molar-refractivity contribution in [3.63, 3.8) is 0 Å². The Balaban J connectivity index is 1.32. The molecule has 6 heteroatoms. The summed E-state index contributed by atoms with van der Waals surface area (Å²) in [4.78, 5) is 12.2. The summed E-state index contributed by atoms with van der Waals surface area (Å²) in [5.41, 5.74) is 3.93. The van der Waals surface area contributed by atoms with Crippen LogP contribution in [0, 0.1) is 0 Å². The Labute approximate surface area is 160 Å². The van der Waals surface area contributed by atoms with E-state index < -0.39 is 0 Å². The van der Waals surface area contributed by atoms with Gasteiger partial charge >= 0.3 is 0 Å². The average Bonchev–Trinajstić information content (AvgIpc) is 3.39. The standard InChI is InChI=1S/C21H17N3O2S/c25-19(10-11-20-23-24-21(26-20)17-12-13-27-14-17)22-18-8-6-16(7-9-18)15-4-2-1-3-5-15/h1-9,12-14H,10-11H2,(H,22,25). The summed E-state index contributed by atoms with van der Waals surface area (Å²) < 4.78 is 5.60. The fourth-order valence-electron chi connectivity index (χ4n) is 2.68. The molecule has 0 aliphatic carbocycles. The van der Waals surface area contributed by atoms with E-state index in [4.69, 9.17) is 4.42 Å². The number of benzene rings is 2. The van der Waals surface area contributed by atoms with Crippen LogP contribution >= 0.6 is 11.3 Å². The quantitative estimate of drug-likeness (QED) is 0.513. The molecule has 5 nitrogen and oxygen atoms in total. The van der Waals surface area contributed by atoms with Gasteiger partial charge in [0.25, 0.3) is 0 Å². The predicted molar refractivity (Wildman–Crippen MR) is 106 cm³/mol. The summed E-state index contributed by atoms with van der Waals surface area (Å²) >= 11 is 1.57. The number of hydrogen-bond donors (Lipinski definition) is 1. The van der Waals surface area contributed by atoms with Crippen LogP contribution < -0.4 is 5.32 Å². The van der Waals surface area contributed by atoms with E-state index in [2.05, 4.69) is 27.6 Å². The highest BCUT2D eigenvalue weighted by Crippen LogP contribution is 2.22. The number of amides is 1. The first-order valence-electron chi connectivity index (χ1n) is 8.58. The van der Waals surface area contributed by atoms with Crippen LogP contribution in [0.2, 0.25) is 0 Å². The lowest BCUT2D eigenvalue weighted by molar-refractivity contribution is -0.116. The lowest BCUT2D eigenvalue weighted by Gasteiger charge is -2.06. The number of thiophene rings is 1. The number of hydrogen-bond acceptors (Lipinski definition) is 5. The van der Waals surface area contributed by atoms with Gasteiger partial charge in [-0.15, -0.1) is 10.2 Å². The maximum atomic E-state index is 12.2. The number of carbonyl (C=O) groups is 1. The normalized spacial score (nSPS) is 10.7. The molecular weight excluding hydrogens is 358 g/mol. The average molecular weight is 375 g/mol. The van der Waals surface area contributed by atoms with Crippen LogP contribution in [0.1, 0.15) is 12.3 Å². The predicted octanol–water partition coefficient (Wildman–Crippen LogP) is 5.04. The van der Waals surface area contributed by atoms with Crippen LogP contribution in [-0.4, -0.2) is 16.1 Å². The van der Waals surface area contributed by atoms with Crippen LogP contribution in [0.5, 0.6) is 0 Å². The Kier molecular flexibility index (Phi) is 5.07. The van der Waals surface area contributed by atoms with E-state index in [1.807, 2.05) is 59.3 Å². The Bertz CT molecular complexity index is 1010. The Morgan fingerprint density at radius 2 is 1.70 bits per heavy atom. The van der Waals surface area contributed by atoms with E-state index in [0.29, 0.717) is 18.2 Å². The van der Waals surface area contributed by atoms with Gasteiger partial charge in [0, 0.05) is 29.5 Å². The van der Waals surface area contributed by atoms with E-state index in [1.165, 1.54) is 0 Å². The summed E-state index contributed by atoms with van der Waals surface area (Å²) in [6, 6.07) is 19.8. The second-order valence-corrected chi connectivity index (χ2v) is 6.78. The zero-order valence-electron chi connectivity index (χ0n) is 14.5. The summed E-state index contributed by atoms with van der Waals surface area (Å²) in [5.74, 6) is 0.867. The largest absolute Gasteiger partial charge is 0.421 e. The van der Waals surface area contributed by atoms with Crippen molar-refractivity contribution in [3.8, 4) is 22.6 Å². The number of rotatable bonds is 6. The van der Waals surface area contributed by atoms with Gasteiger partial charge in [0.1, 0.15) is 0 Å². The van der Waals surface area contributed by atoms with Crippen molar-refractivity contribution >= 4 is 22.9 Å². The van der Waals surface area contributed by atoms with Crippen molar-refractivity contribution in [3.05, 3.63) is 77.3 Å². The fraction of sp³-hybridized carbons (Fsp3) is 0.0952. The molecule has 27 heavy (non-hydrogen) atoms. The third-order valence-electron chi connectivity index (χ3n) is 4.08. The lowest BCUT2D eigenvalue weighted by Crippen LogP contribution is -2.12. The molecular formula is C21H17N3O2S. The third kappa shape index (κ3) is 4.30. The zero-order valence-corrected chi connectivity index (χ0v) is 15.3. The van der Waals surface area contributed by atoms with Crippen molar-refractivity contribution in [1.29, 1.82) is 0 Å². The van der Waals surface area contributed by atoms with Crippen LogP contribution in [0.4, 0.5) is 5.69 Å². The highest BCUT2D eigenvalue weighted by Gasteiger charge is 2.11. The van der Waals surface area contributed by atoms with Gasteiger partial charge in [-0.05, 0) is 34.7 Å². The molecule has 0 fully saturated rings. The molecule has 0 radical (unpaired) electrons. The van der Waals surface area contributed by atoms with Crippen molar-refractivity contribution in [2.24, 2.45) is 0 Å². The number of nitrogens with one attached hydrogen (secondary N) is 1. The fourth-order valence-corrected chi connectivity index (χ4v) is 3.31. The summed E-state index contributed by atoms with van der Waals surface area (Å²) in [6.45, 7) is 0. The van der Waals surface area contributed by atoms with Crippen molar-refractivity contribution < 1.29 is 9.21 Å². The SMILES string of the molecule is O=C(CCc1nnc(-c2ccsc2)o1)Nc1ccc(-c2ccccc2)cc1. The molecule has 2 heterocycles. The number of carbonyl (C=O) groups excluding carboxylic acids is 1. The second-order valence-electron chi connectivity index (χ2n) is 6.00. The van der Waals surface area contributed by atoms with Crippen LogP contribution in [0.15, 0.2) is 75.8 Å². The second kappa shape index (κ2) is 7.97. The number of nitrogens with zero attached hydrogens (tertiary/aromatic N) is 2. The molecule has 0 spiro atoms. The smallest absolute Gasteiger partial charge is 0.248 e. The maximum Gasteiger partial charge on any atom is 0.248 e. The van der Waals surface area contributed by atoms with E-state index in [0.717, 1.165) is 22.4 Å². The third-order valence-corrected chi connectivity index (χ3v) is 4.76. The molecule has 4 aromatic rings. The molecule has 1 amide bonds. The minimum atomic E-state index is -0.0854. The Hall–Kier alpha value is -3.25. The van der Waals surface area contributed by atoms with Crippen LogP contribution in [0.25, 0.3) is 22.6 Å². The van der Waals surface area contributed by atoms with Gasteiger partial charge in [-0.3, -0.25) is 4.79 Å². The van der Waals surface area contributed by atoms with Gasteiger partial charge < -0.3 is 9.73 Å². The number of anilines is 1. The van der Waals surface area contributed by atoms with Crippen molar-refractivity contribution in [2.75, 3.05) is 5.32 Å². The highest BCUT2D eigenvalue weighted by atomic mass is 32.1. The van der Waals surface area contributed by atoms with Crippen molar-refractivity contribution in [2.45, 2.75) is 12.8 Å². The van der Waals surface area contributed by atoms with Gasteiger partial charge in [0.15, 0.2) is 0 Å². The molecule has 4 rings (SSSR count). The minimum absolute atomic E-state index is 0.0854. The molecule has 0 saturated heterocycles. The van der Waals surface area contributed by atoms with E-state index in [1.54, 1.807) is 11.3 Å². The van der Waals surface area contributed by atoms with Crippen molar-refractivity contribution in [1.82, 2.24) is 10.2 Å². The van der Waals surface area contributed by atoms with Gasteiger partial charge in [-0.25, -0.2) is 0 Å². The van der Waals surface area contributed by atoms with Crippen LogP contribution in [0.3, 0.4) is 0 Å². The van der Waals surface area contributed by atoms with E-state index in [-0.39, 0.29) is 12.3 Å². The monoisotopic (exact) mass is 375 g/mol. The molecule has 0 saturated carbocycles. The molecule has 0 aliphatic rings. The lowest BCUT2D eigenvalue weighted by atomic mass is 10.1. The molecule has 0 unspecified atom stereocenters. The van der Waals surface area contributed by atoms with Gasteiger partial charge in [0.05, 0.1) is 0 Å². The molecule has 134 valence electrons. The molecule has 0 atom stereocenters. The first-order chi connectivity index (χ1) is 13.3. The summed E-state index contributed by atoms with van der Waals surface area (Å²) in [7, 11) is 0. The summed E-state index contributed by atoms with van der Waals surface area (Å²) in [6.07, 6.45) is 0.691.